The quantitative estimate of drug-likeness (QED) is 0.155. The van der Waals surface area contributed by atoms with Crippen molar-refractivity contribution in [3.63, 3.8) is 0 Å². The van der Waals surface area contributed by atoms with Crippen LogP contribution in [0.3, 0.4) is 0 Å². The smallest absolute Gasteiger partial charge is 0.305 e. The molecule has 0 aliphatic rings. The van der Waals surface area contributed by atoms with Gasteiger partial charge >= 0.3 is 11.9 Å². The number of carbonyl (C=O) groups is 2. The van der Waals surface area contributed by atoms with Crippen molar-refractivity contribution in [2.75, 3.05) is 13.2 Å². The topological polar surface area (TPSA) is 52.6 Å². The fraction of sp³-hybridized carbons (Fsp3) is 0.920. The molecule has 0 heterocycles. The van der Waals surface area contributed by atoms with Crippen molar-refractivity contribution in [1.82, 2.24) is 0 Å². The first-order valence-corrected chi connectivity index (χ1v) is 12.2. The van der Waals surface area contributed by atoms with Crippen molar-refractivity contribution in [3.8, 4) is 0 Å². The van der Waals surface area contributed by atoms with Gasteiger partial charge in [-0.3, -0.25) is 9.59 Å². The molecule has 4 heteroatoms. The average Bonchev–Trinajstić information content (AvgIpc) is 2.69. The van der Waals surface area contributed by atoms with Gasteiger partial charge < -0.3 is 9.47 Å². The summed E-state index contributed by atoms with van der Waals surface area (Å²) < 4.78 is 10.8. The minimum absolute atomic E-state index is 0.136. The van der Waals surface area contributed by atoms with Crippen molar-refractivity contribution in [2.24, 2.45) is 5.41 Å². The van der Waals surface area contributed by atoms with E-state index in [4.69, 9.17) is 9.47 Å². The summed E-state index contributed by atoms with van der Waals surface area (Å²) in [5, 5.41) is 0. The monoisotopic (exact) mass is 412 g/mol. The zero-order valence-corrected chi connectivity index (χ0v) is 19.9. The van der Waals surface area contributed by atoms with Crippen molar-refractivity contribution in [1.29, 1.82) is 0 Å². The second kappa shape index (κ2) is 18.9. The van der Waals surface area contributed by atoms with E-state index in [2.05, 4.69) is 13.8 Å². The van der Waals surface area contributed by atoms with E-state index >= 15 is 0 Å². The number of esters is 2. The summed E-state index contributed by atoms with van der Waals surface area (Å²) in [5.41, 5.74) is -0.341. The summed E-state index contributed by atoms with van der Waals surface area (Å²) in [5.74, 6) is -0.279. The molecule has 0 spiro atoms. The van der Waals surface area contributed by atoms with E-state index in [-0.39, 0.29) is 17.4 Å². The molecule has 0 amide bonds. The fourth-order valence-electron chi connectivity index (χ4n) is 3.19. The van der Waals surface area contributed by atoms with Crippen LogP contribution in [0.1, 0.15) is 130 Å². The summed E-state index contributed by atoms with van der Waals surface area (Å²) in [7, 11) is 0. The van der Waals surface area contributed by atoms with Gasteiger partial charge in [-0.05, 0) is 12.8 Å². The largest absolute Gasteiger partial charge is 0.465 e. The predicted octanol–water partition coefficient (Wildman–Crippen LogP) is 7.38. The number of carbonyl (C=O) groups excluding carboxylic acids is 2. The van der Waals surface area contributed by atoms with Gasteiger partial charge in [-0.25, -0.2) is 0 Å². The average molecular weight is 413 g/mol. The second-order valence-corrected chi connectivity index (χ2v) is 9.23. The van der Waals surface area contributed by atoms with Gasteiger partial charge in [0.05, 0.1) is 13.2 Å². The molecule has 0 aromatic carbocycles. The SMILES string of the molecule is CCCCCCCCCCCC(=O)OCC(C)(C)COC(=O)CCCCCCC. The Kier molecular flexibility index (Phi) is 18.2. The number of hydrogen-bond donors (Lipinski definition) is 0. The van der Waals surface area contributed by atoms with Crippen LogP contribution in [0.5, 0.6) is 0 Å². The van der Waals surface area contributed by atoms with E-state index in [0.717, 1.165) is 25.7 Å². The van der Waals surface area contributed by atoms with Gasteiger partial charge in [0.1, 0.15) is 0 Å². The van der Waals surface area contributed by atoms with Crippen LogP contribution in [0.4, 0.5) is 0 Å². The van der Waals surface area contributed by atoms with E-state index in [1.54, 1.807) is 0 Å². The Labute approximate surface area is 180 Å². The molecule has 0 aliphatic carbocycles. The van der Waals surface area contributed by atoms with Gasteiger partial charge in [-0.1, -0.05) is 105 Å². The Morgan fingerprint density at radius 2 is 0.862 bits per heavy atom. The minimum Gasteiger partial charge on any atom is -0.465 e. The fourth-order valence-corrected chi connectivity index (χ4v) is 3.19. The van der Waals surface area contributed by atoms with E-state index in [1.165, 1.54) is 64.2 Å². The van der Waals surface area contributed by atoms with Gasteiger partial charge in [0, 0.05) is 18.3 Å². The maximum atomic E-state index is 11.9. The van der Waals surface area contributed by atoms with E-state index < -0.39 is 0 Å². The molecule has 0 N–H and O–H groups in total. The first kappa shape index (κ1) is 27.9. The maximum absolute atomic E-state index is 11.9. The molecular weight excluding hydrogens is 364 g/mol. The number of unbranched alkanes of at least 4 members (excludes halogenated alkanes) is 12. The van der Waals surface area contributed by atoms with Gasteiger partial charge in [-0.2, -0.15) is 0 Å². The molecular formula is C25H48O4. The van der Waals surface area contributed by atoms with Crippen molar-refractivity contribution in [2.45, 2.75) is 130 Å². The molecule has 0 saturated heterocycles. The van der Waals surface area contributed by atoms with Gasteiger partial charge in [-0.15, -0.1) is 0 Å². The van der Waals surface area contributed by atoms with E-state index in [9.17, 15) is 9.59 Å². The molecule has 0 aromatic heterocycles. The third-order valence-electron chi connectivity index (χ3n) is 5.22. The van der Waals surface area contributed by atoms with Crippen LogP contribution in [0.25, 0.3) is 0 Å². The van der Waals surface area contributed by atoms with Crippen LogP contribution in [-0.2, 0) is 19.1 Å². The first-order chi connectivity index (χ1) is 13.9. The molecule has 0 radical (unpaired) electrons. The highest BCUT2D eigenvalue weighted by Gasteiger charge is 2.22. The summed E-state index contributed by atoms with van der Waals surface area (Å²) >= 11 is 0. The van der Waals surface area contributed by atoms with Gasteiger partial charge in [0.15, 0.2) is 0 Å². The van der Waals surface area contributed by atoms with Crippen LogP contribution in [-0.4, -0.2) is 25.2 Å². The zero-order chi connectivity index (χ0) is 21.8. The van der Waals surface area contributed by atoms with E-state index in [1.807, 2.05) is 13.8 Å². The Hall–Kier alpha value is -1.06. The predicted molar refractivity (Wildman–Crippen MR) is 121 cm³/mol. The zero-order valence-electron chi connectivity index (χ0n) is 19.9. The van der Waals surface area contributed by atoms with Crippen LogP contribution in [0.2, 0.25) is 0 Å². The molecule has 0 aromatic rings. The molecule has 0 aliphatic heterocycles. The molecule has 0 unspecified atom stereocenters. The molecule has 0 saturated carbocycles. The normalized spacial score (nSPS) is 11.4. The maximum Gasteiger partial charge on any atom is 0.305 e. The van der Waals surface area contributed by atoms with Crippen molar-refractivity contribution in [3.05, 3.63) is 0 Å². The van der Waals surface area contributed by atoms with Crippen LogP contribution < -0.4 is 0 Å². The van der Waals surface area contributed by atoms with Crippen molar-refractivity contribution < 1.29 is 19.1 Å². The highest BCUT2D eigenvalue weighted by molar-refractivity contribution is 5.69. The molecule has 0 fully saturated rings. The third kappa shape index (κ3) is 20.0. The molecule has 0 atom stereocenters. The lowest BCUT2D eigenvalue weighted by molar-refractivity contribution is -0.152. The molecule has 172 valence electrons. The van der Waals surface area contributed by atoms with Crippen molar-refractivity contribution >= 4 is 11.9 Å². The van der Waals surface area contributed by atoms with Crippen LogP contribution in [0.15, 0.2) is 0 Å². The Bertz CT molecular complexity index is 404. The number of rotatable bonds is 20. The summed E-state index contributed by atoms with van der Waals surface area (Å²) in [6, 6.07) is 0. The highest BCUT2D eigenvalue weighted by Crippen LogP contribution is 2.18. The number of ether oxygens (including phenoxy) is 2. The van der Waals surface area contributed by atoms with Gasteiger partial charge in [0.25, 0.3) is 0 Å². The standard InChI is InChI=1S/C25H48O4/c1-5-7-9-11-12-13-14-16-18-20-24(27)29-22-25(3,4)21-28-23(26)19-17-15-10-8-6-2/h5-22H2,1-4H3. The highest BCUT2D eigenvalue weighted by atomic mass is 16.5. The Balaban J connectivity index is 3.65. The number of hydrogen-bond acceptors (Lipinski definition) is 4. The Morgan fingerprint density at radius 1 is 0.552 bits per heavy atom. The minimum atomic E-state index is -0.341. The van der Waals surface area contributed by atoms with Crippen LogP contribution >= 0.6 is 0 Å². The lowest BCUT2D eigenvalue weighted by Gasteiger charge is -2.23. The van der Waals surface area contributed by atoms with E-state index in [0.29, 0.717) is 26.1 Å². The lowest BCUT2D eigenvalue weighted by Crippen LogP contribution is -2.28. The Morgan fingerprint density at radius 3 is 1.21 bits per heavy atom. The lowest BCUT2D eigenvalue weighted by atomic mass is 9.96. The molecule has 0 bridgehead atoms. The van der Waals surface area contributed by atoms with Crippen LogP contribution in [0, 0.1) is 5.41 Å². The summed E-state index contributed by atoms with van der Waals surface area (Å²) in [6.07, 6.45) is 17.7. The molecule has 29 heavy (non-hydrogen) atoms. The summed E-state index contributed by atoms with van der Waals surface area (Å²) in [4.78, 5) is 23.8. The second-order valence-electron chi connectivity index (χ2n) is 9.23. The third-order valence-corrected chi connectivity index (χ3v) is 5.22. The van der Waals surface area contributed by atoms with Gasteiger partial charge in [0.2, 0.25) is 0 Å². The molecule has 0 rings (SSSR count). The molecule has 4 nitrogen and oxygen atoms in total. The first-order valence-electron chi connectivity index (χ1n) is 12.2. The summed E-state index contributed by atoms with van der Waals surface area (Å²) in [6.45, 7) is 8.95.